The molecule has 2 heterocycles. The molecule has 0 radical (unpaired) electrons. The van der Waals surface area contributed by atoms with E-state index in [0.717, 1.165) is 33.7 Å². The Morgan fingerprint density at radius 3 is 2.94 bits per heavy atom. The minimum Gasteiger partial charge on any atom is -0.308 e. The Morgan fingerprint density at radius 2 is 2.22 bits per heavy atom. The van der Waals surface area contributed by atoms with Gasteiger partial charge in [-0.05, 0) is 42.5 Å². The number of nitrogens with zero attached hydrogens (tertiary/aromatic N) is 2. The van der Waals surface area contributed by atoms with E-state index >= 15 is 0 Å². The highest BCUT2D eigenvalue weighted by Gasteiger charge is 2.41. The molecule has 0 aromatic carbocycles. The first-order valence-corrected chi connectivity index (χ1v) is 7.45. The highest BCUT2D eigenvalue weighted by molar-refractivity contribution is 7.16. The topological polar surface area (TPSA) is 63.8 Å². The Bertz CT molecular complexity index is 594. The predicted octanol–water partition coefficient (Wildman–Crippen LogP) is 2.88. The summed E-state index contributed by atoms with van der Waals surface area (Å²) >= 11 is 1.66. The Hall–Kier alpha value is -1.20. The standard InChI is InChI=1S/C13H16N4S/c14-17-12-9-3-4-18-13(9)16-11(15-12)10-6-7-1-2-8(10)5-7/h3-4,7-8,10H,1-2,5-6,14H2,(H,15,16,17). The quantitative estimate of drug-likeness (QED) is 0.643. The van der Waals surface area contributed by atoms with Crippen molar-refractivity contribution in [3.05, 3.63) is 17.3 Å². The van der Waals surface area contributed by atoms with E-state index in [1.165, 1.54) is 25.7 Å². The fourth-order valence-corrected chi connectivity index (χ4v) is 4.48. The van der Waals surface area contributed by atoms with Gasteiger partial charge in [-0.2, -0.15) is 0 Å². The number of nitrogens with two attached hydrogens (primary N) is 1. The number of fused-ring (bicyclic) bond motifs is 3. The van der Waals surface area contributed by atoms with E-state index < -0.39 is 0 Å². The molecular weight excluding hydrogens is 244 g/mol. The average molecular weight is 260 g/mol. The van der Waals surface area contributed by atoms with Gasteiger partial charge in [0.05, 0.1) is 5.39 Å². The van der Waals surface area contributed by atoms with Gasteiger partial charge in [-0.3, -0.25) is 0 Å². The molecule has 0 saturated heterocycles. The summed E-state index contributed by atoms with van der Waals surface area (Å²) in [5, 5.41) is 3.08. The lowest BCUT2D eigenvalue weighted by molar-refractivity contribution is 0.406. The Kier molecular flexibility index (Phi) is 2.32. The van der Waals surface area contributed by atoms with Gasteiger partial charge >= 0.3 is 0 Å². The van der Waals surface area contributed by atoms with Crippen LogP contribution in [0.2, 0.25) is 0 Å². The molecule has 0 spiro atoms. The zero-order valence-electron chi connectivity index (χ0n) is 10.1. The van der Waals surface area contributed by atoms with Crippen molar-refractivity contribution in [2.75, 3.05) is 5.43 Å². The van der Waals surface area contributed by atoms with E-state index in [2.05, 4.69) is 10.4 Å². The molecular formula is C13H16N4S. The predicted molar refractivity (Wildman–Crippen MR) is 73.4 cm³/mol. The van der Waals surface area contributed by atoms with Crippen LogP contribution < -0.4 is 11.3 Å². The van der Waals surface area contributed by atoms with E-state index in [1.807, 2.05) is 11.4 Å². The number of nitrogens with one attached hydrogen (secondary N) is 1. The van der Waals surface area contributed by atoms with Crippen LogP contribution >= 0.6 is 11.3 Å². The molecule has 2 aromatic rings. The second-order valence-corrected chi connectivity index (χ2v) is 6.39. The van der Waals surface area contributed by atoms with Crippen molar-refractivity contribution >= 4 is 27.4 Å². The van der Waals surface area contributed by atoms with Crippen molar-refractivity contribution in [3.8, 4) is 0 Å². The minimum atomic E-state index is 0.558. The first-order chi connectivity index (χ1) is 8.85. The third kappa shape index (κ3) is 1.47. The number of hydrazine groups is 1. The monoisotopic (exact) mass is 260 g/mol. The van der Waals surface area contributed by atoms with Gasteiger partial charge in [-0.1, -0.05) is 6.42 Å². The van der Waals surface area contributed by atoms with E-state index in [9.17, 15) is 0 Å². The lowest BCUT2D eigenvalue weighted by Gasteiger charge is -2.20. The van der Waals surface area contributed by atoms with Gasteiger partial charge in [-0.15, -0.1) is 11.3 Å². The van der Waals surface area contributed by atoms with Gasteiger partial charge in [0.1, 0.15) is 10.7 Å². The van der Waals surface area contributed by atoms with Gasteiger partial charge in [0.15, 0.2) is 5.82 Å². The molecule has 0 aliphatic heterocycles. The second kappa shape index (κ2) is 3.90. The average Bonchev–Trinajstić information content (AvgIpc) is 3.12. The SMILES string of the molecule is NNc1nc(C2CC3CCC2C3)nc2sccc12. The summed E-state index contributed by atoms with van der Waals surface area (Å²) in [7, 11) is 0. The van der Waals surface area contributed by atoms with E-state index in [-0.39, 0.29) is 0 Å². The van der Waals surface area contributed by atoms with Crippen LogP contribution in [0.5, 0.6) is 0 Å². The number of anilines is 1. The van der Waals surface area contributed by atoms with Gasteiger partial charge in [0, 0.05) is 5.92 Å². The van der Waals surface area contributed by atoms with Gasteiger partial charge in [-0.25, -0.2) is 15.8 Å². The Balaban J connectivity index is 1.80. The van der Waals surface area contributed by atoms with Crippen molar-refractivity contribution in [1.29, 1.82) is 0 Å². The van der Waals surface area contributed by atoms with E-state index in [4.69, 9.17) is 10.8 Å². The molecule has 3 atom stereocenters. The first-order valence-electron chi connectivity index (χ1n) is 6.57. The fraction of sp³-hybridized carbons (Fsp3) is 0.538. The molecule has 2 aliphatic carbocycles. The third-order valence-corrected chi connectivity index (χ3v) is 5.36. The zero-order valence-corrected chi connectivity index (χ0v) is 10.9. The van der Waals surface area contributed by atoms with Crippen molar-refractivity contribution in [1.82, 2.24) is 9.97 Å². The van der Waals surface area contributed by atoms with Gasteiger partial charge < -0.3 is 5.43 Å². The van der Waals surface area contributed by atoms with Gasteiger partial charge in [0.2, 0.25) is 0 Å². The van der Waals surface area contributed by atoms with E-state index in [1.54, 1.807) is 11.3 Å². The number of hydrogen-bond donors (Lipinski definition) is 2. The zero-order chi connectivity index (χ0) is 12.1. The summed E-state index contributed by atoms with van der Waals surface area (Å²) in [6.07, 6.45) is 5.41. The fourth-order valence-electron chi connectivity index (χ4n) is 3.71. The molecule has 3 N–H and O–H groups in total. The first kappa shape index (κ1) is 10.7. The summed E-state index contributed by atoms with van der Waals surface area (Å²) < 4.78 is 0. The summed E-state index contributed by atoms with van der Waals surface area (Å²) in [5.41, 5.74) is 2.72. The molecule has 4 nitrogen and oxygen atoms in total. The normalized spacial score (nSPS) is 30.2. The lowest BCUT2D eigenvalue weighted by atomic mass is 9.88. The Morgan fingerprint density at radius 1 is 1.28 bits per heavy atom. The maximum atomic E-state index is 5.58. The second-order valence-electron chi connectivity index (χ2n) is 5.50. The largest absolute Gasteiger partial charge is 0.308 e. The van der Waals surface area contributed by atoms with Crippen LogP contribution in [0.4, 0.5) is 5.82 Å². The van der Waals surface area contributed by atoms with Crippen LogP contribution in [0.15, 0.2) is 11.4 Å². The lowest BCUT2D eigenvalue weighted by Crippen LogP contribution is -2.15. The molecule has 2 aromatic heterocycles. The molecule has 0 amide bonds. The molecule has 94 valence electrons. The number of aromatic nitrogens is 2. The summed E-state index contributed by atoms with van der Waals surface area (Å²) in [6, 6.07) is 2.03. The number of rotatable bonds is 2. The highest BCUT2D eigenvalue weighted by Crippen LogP contribution is 2.52. The van der Waals surface area contributed by atoms with Crippen molar-refractivity contribution in [2.24, 2.45) is 17.7 Å². The van der Waals surface area contributed by atoms with Crippen LogP contribution in [0.25, 0.3) is 10.2 Å². The van der Waals surface area contributed by atoms with Crippen LogP contribution in [0.1, 0.15) is 37.4 Å². The van der Waals surface area contributed by atoms with Gasteiger partial charge in [0.25, 0.3) is 0 Å². The summed E-state index contributed by atoms with van der Waals surface area (Å²) in [5.74, 6) is 9.64. The molecule has 3 unspecified atom stereocenters. The molecule has 2 aliphatic rings. The molecule has 18 heavy (non-hydrogen) atoms. The molecule has 4 rings (SSSR count). The Labute approximate surface area is 110 Å². The summed E-state index contributed by atoms with van der Waals surface area (Å²) in [6.45, 7) is 0. The van der Waals surface area contributed by atoms with Crippen LogP contribution in [-0.4, -0.2) is 9.97 Å². The smallest absolute Gasteiger partial charge is 0.152 e. The number of hydrogen-bond acceptors (Lipinski definition) is 5. The maximum Gasteiger partial charge on any atom is 0.152 e. The highest BCUT2D eigenvalue weighted by atomic mass is 32.1. The molecule has 5 heteroatoms. The maximum absolute atomic E-state index is 5.58. The molecule has 2 fully saturated rings. The van der Waals surface area contributed by atoms with Crippen molar-refractivity contribution < 1.29 is 0 Å². The van der Waals surface area contributed by atoms with Crippen molar-refractivity contribution in [2.45, 2.75) is 31.6 Å². The number of nitrogen functional groups attached to an aromatic ring is 1. The molecule has 2 bridgehead atoms. The van der Waals surface area contributed by atoms with Crippen molar-refractivity contribution in [3.63, 3.8) is 0 Å². The molecule has 2 saturated carbocycles. The number of thiophene rings is 1. The minimum absolute atomic E-state index is 0.558. The van der Waals surface area contributed by atoms with Crippen LogP contribution in [0.3, 0.4) is 0 Å². The summed E-state index contributed by atoms with van der Waals surface area (Å²) in [4.78, 5) is 10.5. The van der Waals surface area contributed by atoms with E-state index in [0.29, 0.717) is 5.92 Å². The van der Waals surface area contributed by atoms with Crippen LogP contribution in [0, 0.1) is 11.8 Å². The third-order valence-electron chi connectivity index (χ3n) is 4.55. The van der Waals surface area contributed by atoms with Crippen LogP contribution in [-0.2, 0) is 0 Å².